The number of piperazine rings is 1. The van der Waals surface area contributed by atoms with E-state index in [1.807, 2.05) is 16.7 Å². The van der Waals surface area contributed by atoms with Crippen molar-refractivity contribution in [1.82, 2.24) is 19.4 Å². The van der Waals surface area contributed by atoms with E-state index in [1.54, 1.807) is 24.3 Å². The average molecular weight is 626 g/mol. The quantitative estimate of drug-likeness (QED) is 0.218. The summed E-state index contributed by atoms with van der Waals surface area (Å²) >= 11 is 5.85. The van der Waals surface area contributed by atoms with Crippen LogP contribution < -0.4 is 14.4 Å². The lowest BCUT2D eigenvalue weighted by Crippen LogP contribution is -2.52. The van der Waals surface area contributed by atoms with Gasteiger partial charge in [0.15, 0.2) is 0 Å². The Kier molecular flexibility index (Phi) is 8.34. The van der Waals surface area contributed by atoms with Gasteiger partial charge in [0.25, 0.3) is 0 Å². The maximum atomic E-state index is 14.2. The van der Waals surface area contributed by atoms with Gasteiger partial charge < -0.3 is 24.0 Å². The Balaban J connectivity index is 1.19. The molecule has 232 valence electrons. The van der Waals surface area contributed by atoms with Crippen LogP contribution in [0.5, 0.6) is 11.6 Å². The molecule has 0 amide bonds. The summed E-state index contributed by atoms with van der Waals surface area (Å²) in [4.78, 5) is 25.9. The van der Waals surface area contributed by atoms with Crippen molar-refractivity contribution in [3.63, 3.8) is 0 Å². The predicted octanol–water partition coefficient (Wildman–Crippen LogP) is 5.97. The van der Waals surface area contributed by atoms with E-state index < -0.39 is 23.9 Å². The number of carboxylic acid groups (broad SMARTS) is 1. The van der Waals surface area contributed by atoms with Gasteiger partial charge >= 0.3 is 5.97 Å². The van der Waals surface area contributed by atoms with Crippen LogP contribution >= 0.6 is 11.6 Å². The molecule has 1 aliphatic heterocycles. The Bertz CT molecular complexity index is 1690. The van der Waals surface area contributed by atoms with E-state index in [0.29, 0.717) is 59.4 Å². The third-order valence-corrected chi connectivity index (χ3v) is 8.87. The minimum absolute atomic E-state index is 0.0348. The van der Waals surface area contributed by atoms with E-state index in [9.17, 15) is 18.7 Å². The number of anilines is 1. The number of halogens is 3. The number of carboxylic acids is 1. The molecule has 1 saturated heterocycles. The molecule has 2 aromatic carbocycles. The van der Waals surface area contributed by atoms with Crippen LogP contribution in [0.15, 0.2) is 48.5 Å². The molecule has 0 radical (unpaired) electrons. The molecule has 44 heavy (non-hydrogen) atoms. The van der Waals surface area contributed by atoms with Crippen molar-refractivity contribution in [3.8, 4) is 11.6 Å². The maximum Gasteiger partial charge on any atom is 0.335 e. The summed E-state index contributed by atoms with van der Waals surface area (Å²) in [5, 5.41) is 10.0. The first-order valence-electron chi connectivity index (χ1n) is 14.6. The molecular weight excluding hydrogens is 592 g/mol. The second-order valence-corrected chi connectivity index (χ2v) is 12.2. The van der Waals surface area contributed by atoms with Gasteiger partial charge in [-0.1, -0.05) is 23.7 Å². The van der Waals surface area contributed by atoms with Crippen molar-refractivity contribution in [1.29, 1.82) is 0 Å². The fraction of sp³-hybridized carbons (Fsp3) is 0.406. The molecular formula is C32H34ClF2N5O4. The van der Waals surface area contributed by atoms with Crippen LogP contribution in [0.25, 0.3) is 11.0 Å². The zero-order chi connectivity index (χ0) is 31.0. The van der Waals surface area contributed by atoms with Gasteiger partial charge in [0.05, 0.1) is 31.4 Å². The highest BCUT2D eigenvalue weighted by Crippen LogP contribution is 2.48. The van der Waals surface area contributed by atoms with Crippen LogP contribution in [0, 0.1) is 11.2 Å². The van der Waals surface area contributed by atoms with E-state index in [0.717, 1.165) is 31.0 Å². The number of imidazole rings is 1. The summed E-state index contributed by atoms with van der Waals surface area (Å²) in [6, 6.07) is 13.2. The lowest BCUT2D eigenvalue weighted by molar-refractivity contribution is 0.0696. The molecule has 1 aliphatic carbocycles. The van der Waals surface area contributed by atoms with E-state index in [2.05, 4.69) is 21.7 Å². The molecule has 2 fully saturated rings. The van der Waals surface area contributed by atoms with E-state index in [4.69, 9.17) is 26.1 Å². The van der Waals surface area contributed by atoms with Crippen molar-refractivity contribution in [2.75, 3.05) is 38.3 Å². The third kappa shape index (κ3) is 6.16. The number of aromatic carboxylic acids is 1. The second kappa shape index (κ2) is 12.2. The average Bonchev–Trinajstić information content (AvgIpc) is 3.72. The molecule has 9 nitrogen and oxygen atoms in total. The first-order chi connectivity index (χ1) is 21.2. The highest BCUT2D eigenvalue weighted by Gasteiger charge is 2.44. The number of rotatable bonds is 11. The first kappa shape index (κ1) is 30.1. The highest BCUT2D eigenvalue weighted by atomic mass is 35.5. The Morgan fingerprint density at radius 3 is 2.66 bits per heavy atom. The second-order valence-electron chi connectivity index (χ2n) is 11.7. The van der Waals surface area contributed by atoms with Gasteiger partial charge in [0, 0.05) is 54.3 Å². The highest BCUT2D eigenvalue weighted by molar-refractivity contribution is 6.30. The Hall–Kier alpha value is -3.96. The summed E-state index contributed by atoms with van der Waals surface area (Å²) < 4.78 is 41.5. The number of aromatic nitrogens is 3. The number of ether oxygens (including phenoxy) is 2. The van der Waals surface area contributed by atoms with Gasteiger partial charge in [0.1, 0.15) is 35.3 Å². The summed E-state index contributed by atoms with van der Waals surface area (Å²) in [5.41, 5.74) is 1.28. The fourth-order valence-electron chi connectivity index (χ4n) is 5.73. The molecule has 1 atom stereocenters. The zero-order valence-corrected chi connectivity index (χ0v) is 25.4. The maximum absolute atomic E-state index is 14.2. The lowest BCUT2D eigenvalue weighted by atomic mass is 10.1. The Morgan fingerprint density at radius 1 is 1.16 bits per heavy atom. The van der Waals surface area contributed by atoms with Crippen molar-refractivity contribution in [3.05, 3.63) is 76.3 Å². The largest absolute Gasteiger partial charge is 0.494 e. The van der Waals surface area contributed by atoms with E-state index in [1.165, 1.54) is 19.2 Å². The molecule has 2 aromatic heterocycles. The predicted molar refractivity (Wildman–Crippen MR) is 163 cm³/mol. The van der Waals surface area contributed by atoms with Crippen molar-refractivity contribution >= 4 is 34.4 Å². The number of benzene rings is 2. The summed E-state index contributed by atoms with van der Waals surface area (Å²) in [6.07, 6.45) is 1.58. The Morgan fingerprint density at radius 2 is 1.98 bits per heavy atom. The van der Waals surface area contributed by atoms with Gasteiger partial charge in [-0.05, 0) is 50.1 Å². The summed E-state index contributed by atoms with van der Waals surface area (Å²) in [7, 11) is 1.49. The zero-order valence-electron chi connectivity index (χ0n) is 24.6. The van der Waals surface area contributed by atoms with Crippen LogP contribution in [0.2, 0.25) is 5.02 Å². The number of fused-ring (bicyclic) bond motifs is 1. The number of hydrogen-bond acceptors (Lipinski definition) is 7. The molecule has 1 saturated carbocycles. The lowest BCUT2D eigenvalue weighted by Gasteiger charge is -2.40. The van der Waals surface area contributed by atoms with Gasteiger partial charge in [0.2, 0.25) is 5.88 Å². The number of methoxy groups -OCH3 is 1. The number of carbonyl (C=O) groups is 1. The summed E-state index contributed by atoms with van der Waals surface area (Å²) in [5.74, 6) is 0.819. The molecule has 0 spiro atoms. The van der Waals surface area contributed by atoms with Crippen molar-refractivity contribution in [2.45, 2.75) is 45.5 Å². The van der Waals surface area contributed by atoms with Crippen LogP contribution in [-0.4, -0.2) is 70.0 Å². The smallest absolute Gasteiger partial charge is 0.335 e. The number of hydrogen-bond donors (Lipinski definition) is 1. The first-order valence-corrected chi connectivity index (χ1v) is 15.0. The Labute approximate surface area is 259 Å². The normalized spacial score (nSPS) is 18.0. The van der Waals surface area contributed by atoms with Gasteiger partial charge in [-0.15, -0.1) is 0 Å². The van der Waals surface area contributed by atoms with Gasteiger partial charge in [-0.3, -0.25) is 9.29 Å². The minimum Gasteiger partial charge on any atom is -0.494 e. The summed E-state index contributed by atoms with van der Waals surface area (Å²) in [6.45, 7) is 4.81. The molecule has 12 heteroatoms. The van der Waals surface area contributed by atoms with Crippen LogP contribution in [0.3, 0.4) is 0 Å². The SMILES string of the molecule is COc1cc(C(=O)O)cc2c1nc(CN1CCN(c3cccc(OCc4ccc(Cl)cc4F)n3)C[C@@H]1C)n2CC1(CF)CC1. The van der Waals surface area contributed by atoms with E-state index >= 15 is 0 Å². The number of alkyl halides is 1. The number of pyridine rings is 1. The topological polar surface area (TPSA) is 93.0 Å². The molecule has 2 aliphatic rings. The molecule has 3 heterocycles. The van der Waals surface area contributed by atoms with Gasteiger partial charge in [-0.2, -0.15) is 4.98 Å². The molecule has 1 N–H and O–H groups in total. The van der Waals surface area contributed by atoms with Crippen LogP contribution in [-0.2, 0) is 19.7 Å². The third-order valence-electron chi connectivity index (χ3n) is 8.63. The minimum atomic E-state index is -1.06. The molecule has 0 bridgehead atoms. The molecule has 4 aromatic rings. The van der Waals surface area contributed by atoms with Crippen molar-refractivity contribution in [2.24, 2.45) is 5.41 Å². The van der Waals surface area contributed by atoms with Crippen molar-refractivity contribution < 1.29 is 28.2 Å². The standard InChI is InChI=1S/C32H34ClF2N5O4/c1-20-15-39(27-4-3-5-29(36-27)44-17-21-6-7-23(33)14-24(21)35)11-10-38(20)16-28-37-30-25(40(28)19-32(18-34)8-9-32)12-22(31(41)42)13-26(30)43-2/h3-7,12-14,20H,8-11,15-19H2,1-2H3,(H,41,42)/t20-/m0/s1. The van der Waals surface area contributed by atoms with Crippen LogP contribution in [0.1, 0.15) is 41.5 Å². The monoisotopic (exact) mass is 625 g/mol. The molecule has 6 rings (SSSR count). The van der Waals surface area contributed by atoms with Crippen LogP contribution in [0.4, 0.5) is 14.6 Å². The fourth-order valence-corrected chi connectivity index (χ4v) is 5.89. The van der Waals surface area contributed by atoms with E-state index in [-0.39, 0.29) is 18.2 Å². The number of nitrogens with zero attached hydrogens (tertiary/aromatic N) is 5. The van der Waals surface area contributed by atoms with Gasteiger partial charge in [-0.25, -0.2) is 14.2 Å². The molecule has 0 unspecified atom stereocenters.